The predicted octanol–water partition coefficient (Wildman–Crippen LogP) is 3.99. The molecule has 2 aliphatic rings. The van der Waals surface area contributed by atoms with Gasteiger partial charge in [0.15, 0.2) is 0 Å². The minimum Gasteiger partial charge on any atom is -0.368 e. The molecule has 1 aromatic rings. The highest BCUT2D eigenvalue weighted by molar-refractivity contribution is 6.34. The van der Waals surface area contributed by atoms with Crippen molar-refractivity contribution in [3.63, 3.8) is 0 Å². The van der Waals surface area contributed by atoms with Crippen LogP contribution in [0.2, 0.25) is 5.02 Å². The van der Waals surface area contributed by atoms with E-state index in [2.05, 4.69) is 0 Å². The Morgan fingerprint density at radius 1 is 1.39 bits per heavy atom. The summed E-state index contributed by atoms with van der Waals surface area (Å²) in [4.78, 5) is 11.8. The number of nitrogens with zero attached hydrogens (tertiary/aromatic N) is 3. The van der Waals surface area contributed by atoms with E-state index in [1.807, 2.05) is 0 Å². The van der Waals surface area contributed by atoms with Crippen LogP contribution in [-0.2, 0) is 0 Å². The van der Waals surface area contributed by atoms with E-state index in [1.165, 1.54) is 5.32 Å². The summed E-state index contributed by atoms with van der Waals surface area (Å²) in [6, 6.07) is -8.93. The minimum atomic E-state index is -4.59. The molecule has 0 atom stereocenters. The number of carbonyl (C=O) groups excluding carboxylic acids is 1. The average molecular weight is 433 g/mol. The third-order valence-corrected chi connectivity index (χ3v) is 3.82. The summed E-state index contributed by atoms with van der Waals surface area (Å²) in [6.45, 7) is -20.6. The van der Waals surface area contributed by atoms with Crippen LogP contribution in [0.3, 0.4) is 0 Å². The molecular formula is C22H35ClN4O. The van der Waals surface area contributed by atoms with Crippen LogP contribution in [0.4, 0.5) is 10.5 Å². The van der Waals surface area contributed by atoms with Crippen molar-refractivity contribution in [2.75, 3.05) is 51.5 Å². The normalized spacial score (nSPS) is 57.8. The number of rotatable bonds is 5. The summed E-state index contributed by atoms with van der Waals surface area (Å²) in [5.74, 6) is -4.59. The maximum absolute atomic E-state index is 12.8. The van der Waals surface area contributed by atoms with Gasteiger partial charge in [0.25, 0.3) is 0 Å². The summed E-state index contributed by atoms with van der Waals surface area (Å²) in [5, 5.41) is 0.559. The van der Waals surface area contributed by atoms with Crippen LogP contribution >= 0.6 is 11.6 Å². The van der Waals surface area contributed by atoms with Gasteiger partial charge in [-0.1, -0.05) is 23.7 Å². The molecule has 1 saturated carbocycles. The summed E-state index contributed by atoms with van der Waals surface area (Å²) in [7, 11) is 0.589. The first-order valence-corrected chi connectivity index (χ1v) is 8.20. The zero-order valence-corrected chi connectivity index (χ0v) is 15.6. The molecule has 2 fully saturated rings. The number of hydrogen-bond acceptors (Lipinski definition) is 3. The Labute approximate surface area is 211 Å². The van der Waals surface area contributed by atoms with Gasteiger partial charge in [0.2, 0.25) is 0 Å². The van der Waals surface area contributed by atoms with Crippen molar-refractivity contribution >= 4 is 23.3 Å². The quantitative estimate of drug-likeness (QED) is 0.764. The Morgan fingerprint density at radius 2 is 2.11 bits per heavy atom. The van der Waals surface area contributed by atoms with Gasteiger partial charge in [0, 0.05) is 70.7 Å². The highest BCUT2D eigenvalue weighted by Gasteiger charge is 2.24. The topological polar surface area (TPSA) is 38.8 Å². The van der Waals surface area contributed by atoms with Gasteiger partial charge in [-0.2, -0.15) is 0 Å². The fraction of sp³-hybridized carbons (Fsp3) is 0.682. The minimum absolute atomic E-state index is 0.140. The van der Waals surface area contributed by atoms with Crippen LogP contribution in [0.5, 0.6) is 0 Å². The third-order valence-electron chi connectivity index (χ3n) is 3.36. The lowest BCUT2D eigenvalue weighted by Gasteiger charge is -2.37. The van der Waals surface area contributed by atoms with Gasteiger partial charge in [0.1, 0.15) is 0 Å². The van der Waals surface area contributed by atoms with Gasteiger partial charge >= 0.3 is 6.03 Å². The van der Waals surface area contributed by atoms with Crippen LogP contribution in [0.1, 0.15) is 73.1 Å². The predicted molar refractivity (Wildman–Crippen MR) is 117 cm³/mol. The van der Waals surface area contributed by atoms with Crippen LogP contribution in [0.15, 0.2) is 18.1 Å². The molecule has 6 heteroatoms. The van der Waals surface area contributed by atoms with Crippen molar-refractivity contribution in [3.8, 4) is 0 Å². The Hall–Kier alpha value is -1.46. The SMILES string of the molecule is [2H]c1c([2H])c(C)c(Cl)c(N2C([2H])([2H])C([2H])([2H])N(CC([2H])([2H])[C@]3([2H])C([2H])([2H])C([2H])([2H])[C@@]([2H])(NC(=O)N(C)C([2H])([2H])[2H])C([2H])([2H])C3([2H])[2H])C([2H])([2H])C2([2H])[2H])c1[2H]. The van der Waals surface area contributed by atoms with Gasteiger partial charge in [-0.05, 0) is 62.8 Å². The molecule has 1 N–H and O–H groups in total. The molecular weight excluding hydrogens is 372 g/mol. The van der Waals surface area contributed by atoms with E-state index in [4.69, 9.17) is 47.2 Å². The lowest BCUT2D eigenvalue weighted by Crippen LogP contribution is -2.47. The first kappa shape index (κ1) is 5.82. The molecule has 1 aromatic carbocycles. The highest BCUT2D eigenvalue weighted by atomic mass is 35.5. The average Bonchev–Trinajstić information content (AvgIpc) is 3.00. The van der Waals surface area contributed by atoms with Crippen molar-refractivity contribution in [2.45, 2.75) is 44.8 Å². The number of carbonyl (C=O) groups is 1. The van der Waals surface area contributed by atoms with Crippen molar-refractivity contribution < 1.29 is 40.4 Å². The van der Waals surface area contributed by atoms with Gasteiger partial charge in [-0.15, -0.1) is 0 Å². The van der Waals surface area contributed by atoms with E-state index in [9.17, 15) is 4.79 Å². The number of piperazine rings is 1. The largest absolute Gasteiger partial charge is 0.368 e. The lowest BCUT2D eigenvalue weighted by atomic mass is 9.84. The van der Waals surface area contributed by atoms with E-state index in [1.54, 1.807) is 0 Å². The molecule has 0 unspecified atom stereocenters. The van der Waals surface area contributed by atoms with Gasteiger partial charge in [-0.25, -0.2) is 4.79 Å². The molecule has 2 amide bonds. The number of amides is 2. The zero-order valence-electron chi connectivity index (χ0n) is 40.8. The molecule has 3 rings (SSSR count). The first-order chi connectivity index (χ1) is 23.4. The van der Waals surface area contributed by atoms with E-state index >= 15 is 0 Å². The van der Waals surface area contributed by atoms with Crippen LogP contribution in [0.25, 0.3) is 0 Å². The molecule has 0 spiro atoms. The van der Waals surface area contributed by atoms with Crippen molar-refractivity contribution in [1.82, 2.24) is 15.1 Å². The molecule has 28 heavy (non-hydrogen) atoms. The highest BCUT2D eigenvalue weighted by Crippen LogP contribution is 2.30. The summed E-state index contributed by atoms with van der Waals surface area (Å²) in [5.41, 5.74) is -1.43. The smallest absolute Gasteiger partial charge is 0.317 e. The monoisotopic (exact) mass is 432 g/mol. The van der Waals surface area contributed by atoms with E-state index < -0.39 is 123 Å². The van der Waals surface area contributed by atoms with Crippen LogP contribution in [-0.4, -0.2) is 68.4 Å². The number of hydrogen-bond donors (Lipinski definition) is 1. The molecule has 1 aliphatic carbocycles. The van der Waals surface area contributed by atoms with Crippen molar-refractivity contribution in [1.29, 1.82) is 0 Å². The zero-order chi connectivity index (χ0) is 43.2. The fourth-order valence-corrected chi connectivity index (χ4v) is 2.08. The first-order valence-electron chi connectivity index (χ1n) is 20.8. The summed E-state index contributed by atoms with van der Waals surface area (Å²) in [6.07, 6.45) is -22.3. The molecule has 1 heterocycles. The summed E-state index contributed by atoms with van der Waals surface area (Å²) >= 11 is 6.25. The maximum atomic E-state index is 12.8. The Kier molecular flexibility index (Phi) is 2.04. The van der Waals surface area contributed by atoms with Gasteiger partial charge in [-0.3, -0.25) is 4.90 Å². The molecule has 0 bridgehead atoms. The number of halogens is 1. The molecule has 0 aromatic heterocycles. The van der Waals surface area contributed by atoms with Gasteiger partial charge in [0.05, 0.1) is 21.7 Å². The number of anilines is 1. The molecule has 1 saturated heterocycles. The van der Waals surface area contributed by atoms with Crippen molar-refractivity contribution in [3.05, 3.63) is 28.7 Å². The molecule has 5 nitrogen and oxygen atoms in total. The molecule has 1 aliphatic heterocycles. The fourth-order valence-electron chi connectivity index (χ4n) is 1.91. The van der Waals surface area contributed by atoms with E-state index in [-0.39, 0.29) is 15.4 Å². The second-order valence-electron chi connectivity index (χ2n) is 5.45. The number of nitrogens with one attached hydrogen (secondary N) is 1. The van der Waals surface area contributed by atoms with E-state index in [0.29, 0.717) is 7.05 Å². The third kappa shape index (κ3) is 5.54. The van der Waals surface area contributed by atoms with Crippen LogP contribution in [0, 0.1) is 12.8 Å². The van der Waals surface area contributed by atoms with Crippen LogP contribution < -0.4 is 10.2 Å². The van der Waals surface area contributed by atoms with Gasteiger partial charge < -0.3 is 15.1 Å². The maximum Gasteiger partial charge on any atom is 0.317 e. The Balaban J connectivity index is 2.33. The summed E-state index contributed by atoms with van der Waals surface area (Å²) < 4.78 is 220. The Bertz CT molecular complexity index is 1620. The molecule has 0 radical (unpaired) electrons. The Morgan fingerprint density at radius 3 is 2.79 bits per heavy atom. The van der Waals surface area contributed by atoms with E-state index in [0.717, 1.165) is 6.92 Å². The number of benzene rings is 1. The second kappa shape index (κ2) is 9.84. The number of urea groups is 1. The second-order valence-corrected chi connectivity index (χ2v) is 5.83. The standard InChI is InChI=1S/C22H35ClN4O/c1-17-5-4-6-20(21(17)23)27-15-13-26(14-16-27)12-11-18-7-9-19(10-8-18)24-22(28)25(2)3/h4-6,18-19H,7-16H2,1-3H3,(H,24,28)/t18-,19-/i2D3,4D,5D,6D,7D2,8D2,9D2,10D2,11D2,13D2,14D2,15D2,16D2,18D,19D. The molecule has 156 valence electrons. The lowest BCUT2D eigenvalue weighted by molar-refractivity contribution is 0.194. The van der Waals surface area contributed by atoms with Crippen molar-refractivity contribution in [2.24, 2.45) is 5.89 Å².